The van der Waals surface area contributed by atoms with Gasteiger partial charge in [0.05, 0.1) is 18.5 Å². The quantitative estimate of drug-likeness (QED) is 0.355. The van der Waals surface area contributed by atoms with Crippen molar-refractivity contribution in [1.82, 2.24) is 10.2 Å². The number of benzene rings is 3. The number of nitrogens with one attached hydrogen (secondary N) is 1. The van der Waals surface area contributed by atoms with Gasteiger partial charge in [0.25, 0.3) is 5.91 Å². The van der Waals surface area contributed by atoms with Gasteiger partial charge in [-0.25, -0.2) is 8.42 Å². The fraction of sp³-hybridized carbons (Fsp3) is 0.321. The van der Waals surface area contributed by atoms with E-state index in [1.165, 1.54) is 29.1 Å². The van der Waals surface area contributed by atoms with Crippen molar-refractivity contribution in [2.45, 2.75) is 38.9 Å². The van der Waals surface area contributed by atoms with E-state index in [2.05, 4.69) is 22.3 Å². The molecule has 1 heterocycles. The predicted octanol–water partition coefficient (Wildman–Crippen LogP) is 5.88. The summed E-state index contributed by atoms with van der Waals surface area (Å²) in [6, 6.07) is 19.8. The molecule has 3 aromatic carbocycles. The molecule has 1 amide bonds. The molecule has 1 aliphatic rings. The summed E-state index contributed by atoms with van der Waals surface area (Å²) in [4.78, 5) is 15.2. The van der Waals surface area contributed by atoms with Crippen LogP contribution in [0.2, 0.25) is 10.0 Å². The summed E-state index contributed by atoms with van der Waals surface area (Å²) in [5, 5.41) is 3.71. The van der Waals surface area contributed by atoms with Gasteiger partial charge in [-0.3, -0.25) is 14.0 Å². The predicted molar refractivity (Wildman–Crippen MR) is 151 cm³/mol. The average Bonchev–Trinajstić information content (AvgIpc) is 2.88. The fourth-order valence-corrected chi connectivity index (χ4v) is 5.81. The van der Waals surface area contributed by atoms with E-state index < -0.39 is 10.0 Å². The van der Waals surface area contributed by atoms with Crippen LogP contribution in [-0.2, 0) is 29.7 Å². The lowest BCUT2D eigenvalue weighted by molar-refractivity contribution is 0.0951. The second-order valence-corrected chi connectivity index (χ2v) is 12.1. The normalized spacial score (nSPS) is 14.4. The van der Waals surface area contributed by atoms with Crippen LogP contribution in [0.5, 0.6) is 0 Å². The number of hydrogen-bond donors (Lipinski definition) is 1. The zero-order valence-corrected chi connectivity index (χ0v) is 23.1. The third-order valence-electron chi connectivity index (χ3n) is 6.51. The van der Waals surface area contributed by atoms with Crippen molar-refractivity contribution < 1.29 is 13.2 Å². The van der Waals surface area contributed by atoms with Crippen molar-refractivity contribution in [2.24, 2.45) is 0 Å². The van der Waals surface area contributed by atoms with Gasteiger partial charge >= 0.3 is 0 Å². The average molecular weight is 561 g/mol. The molecule has 1 fully saturated rings. The van der Waals surface area contributed by atoms with Crippen molar-refractivity contribution in [3.05, 3.63) is 99.0 Å². The van der Waals surface area contributed by atoms with E-state index in [0.29, 0.717) is 33.4 Å². The lowest BCUT2D eigenvalue weighted by Gasteiger charge is -2.26. The number of halogens is 2. The highest BCUT2D eigenvalue weighted by molar-refractivity contribution is 7.92. The number of anilines is 1. The lowest BCUT2D eigenvalue weighted by Crippen LogP contribution is -2.29. The Labute approximate surface area is 229 Å². The summed E-state index contributed by atoms with van der Waals surface area (Å²) >= 11 is 12.5. The van der Waals surface area contributed by atoms with Crippen LogP contribution < -0.4 is 9.62 Å². The minimum Gasteiger partial charge on any atom is -0.348 e. The second-order valence-electron chi connectivity index (χ2n) is 9.35. The summed E-state index contributed by atoms with van der Waals surface area (Å²) in [7, 11) is -3.63. The van der Waals surface area contributed by atoms with E-state index in [4.69, 9.17) is 23.2 Å². The number of nitrogens with zero attached hydrogens (tertiary/aromatic N) is 2. The van der Waals surface area contributed by atoms with E-state index >= 15 is 0 Å². The zero-order chi connectivity index (χ0) is 26.4. The van der Waals surface area contributed by atoms with Crippen LogP contribution >= 0.6 is 23.2 Å². The first-order chi connectivity index (χ1) is 17.7. The first-order valence-electron chi connectivity index (χ1n) is 12.3. The first kappa shape index (κ1) is 27.5. The van der Waals surface area contributed by atoms with Crippen LogP contribution in [0.15, 0.2) is 66.7 Å². The molecule has 0 spiro atoms. The van der Waals surface area contributed by atoms with Crippen LogP contribution in [0.3, 0.4) is 0 Å². The van der Waals surface area contributed by atoms with Crippen LogP contribution in [0, 0.1) is 0 Å². The van der Waals surface area contributed by atoms with E-state index in [1.54, 1.807) is 42.5 Å². The van der Waals surface area contributed by atoms with E-state index in [0.717, 1.165) is 31.5 Å². The molecular weight excluding hydrogens is 529 g/mol. The van der Waals surface area contributed by atoms with Gasteiger partial charge < -0.3 is 5.32 Å². The molecule has 0 bridgehead atoms. The molecule has 0 atom stereocenters. The maximum Gasteiger partial charge on any atom is 0.251 e. The summed E-state index contributed by atoms with van der Waals surface area (Å²) in [6.07, 6.45) is 4.99. The third kappa shape index (κ3) is 7.48. The molecule has 0 aromatic heterocycles. The van der Waals surface area contributed by atoms with Gasteiger partial charge in [-0.1, -0.05) is 60.0 Å². The Kier molecular flexibility index (Phi) is 9.13. The molecule has 9 heteroatoms. The van der Waals surface area contributed by atoms with Crippen molar-refractivity contribution in [1.29, 1.82) is 0 Å². The number of rotatable bonds is 9. The molecule has 1 aliphatic heterocycles. The van der Waals surface area contributed by atoms with Gasteiger partial charge in [0.15, 0.2) is 0 Å². The Bertz CT molecular complexity index is 1300. The number of piperidine rings is 1. The molecule has 0 saturated carbocycles. The molecule has 1 N–H and O–H groups in total. The first-order valence-corrected chi connectivity index (χ1v) is 14.9. The number of likely N-dealkylation sites (tertiary alicyclic amines) is 1. The largest absolute Gasteiger partial charge is 0.348 e. The lowest BCUT2D eigenvalue weighted by atomic mass is 10.1. The van der Waals surface area contributed by atoms with Gasteiger partial charge in [0, 0.05) is 34.3 Å². The van der Waals surface area contributed by atoms with Gasteiger partial charge in [-0.15, -0.1) is 0 Å². The number of hydrogen-bond acceptors (Lipinski definition) is 4. The summed E-state index contributed by atoms with van der Waals surface area (Å²) in [5.41, 5.74) is 3.67. The number of amides is 1. The zero-order valence-electron chi connectivity index (χ0n) is 20.8. The number of carbonyl (C=O) groups is 1. The molecule has 0 aliphatic carbocycles. The van der Waals surface area contributed by atoms with Crippen LogP contribution in [0.1, 0.15) is 46.3 Å². The molecule has 0 unspecified atom stereocenters. The SMILES string of the molecule is CS(=O)(=O)N(Cc1c(Cl)cccc1Cl)c1ccc(C(=O)NCc2ccc(CN3CCCCC3)cc2)cc1. The summed E-state index contributed by atoms with van der Waals surface area (Å²) in [5.74, 6) is -0.232. The minimum atomic E-state index is -3.63. The molecular formula is C28H31Cl2N3O3S. The van der Waals surface area contributed by atoms with Gasteiger partial charge in [0.1, 0.15) is 0 Å². The van der Waals surface area contributed by atoms with Crippen LogP contribution in [0.4, 0.5) is 5.69 Å². The highest BCUT2D eigenvalue weighted by atomic mass is 35.5. The smallest absolute Gasteiger partial charge is 0.251 e. The van der Waals surface area contributed by atoms with E-state index in [1.807, 2.05) is 12.1 Å². The third-order valence-corrected chi connectivity index (χ3v) is 8.36. The molecule has 6 nitrogen and oxygen atoms in total. The minimum absolute atomic E-state index is 0.0172. The van der Waals surface area contributed by atoms with Gasteiger partial charge in [0.2, 0.25) is 10.0 Å². The highest BCUT2D eigenvalue weighted by Gasteiger charge is 2.21. The molecule has 3 aromatic rings. The maximum atomic E-state index is 12.7. The van der Waals surface area contributed by atoms with Crippen LogP contribution in [-0.4, -0.2) is 38.6 Å². The van der Waals surface area contributed by atoms with Crippen molar-refractivity contribution >= 4 is 44.8 Å². The second kappa shape index (κ2) is 12.3. The Hall–Kier alpha value is -2.58. The Morgan fingerprint density at radius 3 is 2.08 bits per heavy atom. The topological polar surface area (TPSA) is 69.7 Å². The summed E-state index contributed by atoms with van der Waals surface area (Å²) in [6.45, 7) is 3.67. The monoisotopic (exact) mass is 559 g/mol. The van der Waals surface area contributed by atoms with Gasteiger partial charge in [-0.2, -0.15) is 0 Å². The van der Waals surface area contributed by atoms with E-state index in [9.17, 15) is 13.2 Å². The van der Waals surface area contributed by atoms with Gasteiger partial charge in [-0.05, 0) is 73.5 Å². The molecule has 1 saturated heterocycles. The number of carbonyl (C=O) groups excluding carboxylic acids is 1. The Balaban J connectivity index is 1.37. The highest BCUT2D eigenvalue weighted by Crippen LogP contribution is 2.29. The van der Waals surface area contributed by atoms with Crippen molar-refractivity contribution in [3.8, 4) is 0 Å². The number of sulfonamides is 1. The molecule has 196 valence electrons. The molecule has 0 radical (unpaired) electrons. The molecule has 4 rings (SSSR count). The Morgan fingerprint density at radius 1 is 0.892 bits per heavy atom. The van der Waals surface area contributed by atoms with Crippen LogP contribution in [0.25, 0.3) is 0 Å². The molecule has 37 heavy (non-hydrogen) atoms. The standard InChI is InChI=1S/C28H31Cl2N3O3S/c1-37(35,36)33(20-25-26(29)6-5-7-27(25)30)24-14-12-23(13-15-24)28(34)31-18-21-8-10-22(11-9-21)19-32-16-3-2-4-17-32/h5-15H,2-4,16-20H2,1H3,(H,31,34). The van der Waals surface area contributed by atoms with E-state index in [-0.39, 0.29) is 12.5 Å². The summed E-state index contributed by atoms with van der Waals surface area (Å²) < 4.78 is 26.3. The maximum absolute atomic E-state index is 12.7. The Morgan fingerprint density at radius 2 is 1.49 bits per heavy atom. The fourth-order valence-electron chi connectivity index (χ4n) is 4.43. The van der Waals surface area contributed by atoms with Crippen molar-refractivity contribution in [2.75, 3.05) is 23.7 Å². The van der Waals surface area contributed by atoms with Crippen molar-refractivity contribution in [3.63, 3.8) is 0 Å².